The van der Waals surface area contributed by atoms with Gasteiger partial charge in [0.2, 0.25) is 5.91 Å². The zero-order valence-electron chi connectivity index (χ0n) is 20.7. The van der Waals surface area contributed by atoms with E-state index in [2.05, 4.69) is 5.09 Å². The second-order valence-electron chi connectivity index (χ2n) is 8.62. The van der Waals surface area contributed by atoms with Crippen molar-refractivity contribution in [1.29, 1.82) is 0 Å². The maximum Gasteiger partial charge on any atom is 0.328 e. The van der Waals surface area contributed by atoms with Crippen molar-refractivity contribution in [3.8, 4) is 5.75 Å². The summed E-state index contributed by atoms with van der Waals surface area (Å²) in [5, 5.41) is 3.58. The lowest BCUT2D eigenvalue weighted by molar-refractivity contribution is -0.143. The lowest BCUT2D eigenvalue weighted by Crippen LogP contribution is -2.52. The molecule has 0 saturated carbocycles. The van der Waals surface area contributed by atoms with Crippen LogP contribution < -0.4 is 14.5 Å². The first-order valence-corrected chi connectivity index (χ1v) is 14.0. The molecule has 0 aromatic heterocycles. The van der Waals surface area contributed by atoms with Crippen LogP contribution in [0.4, 0.5) is 5.69 Å². The summed E-state index contributed by atoms with van der Waals surface area (Å²) in [6.45, 7) is 7.37. The summed E-state index contributed by atoms with van der Waals surface area (Å²) in [5.41, 5.74) is 0.368. The molecule has 0 bridgehead atoms. The molecule has 0 aliphatic carbocycles. The number of amides is 1. The van der Waals surface area contributed by atoms with Gasteiger partial charge in [0, 0.05) is 11.8 Å². The number of hydrogen-bond acceptors (Lipinski definition) is 5. The predicted octanol–water partition coefficient (Wildman–Crippen LogP) is 6.57. The standard InChI is InChI=1S/C25H33Cl2N2O5P/c1-6-14-35(32,34-20-10-8-7-9-11-20)28-23(15-17(2)3)24(30)29(18(4)25(31)33-5)19-12-13-21(26)22(27)16-19/h7-13,16-18,23H,6,14-15H2,1-5H3,(H,28,32)/t18-,23-,35?/m0/s1. The number of rotatable bonds is 12. The Balaban J connectivity index is 2.49. The van der Waals surface area contributed by atoms with Gasteiger partial charge in [0.05, 0.1) is 23.2 Å². The molecule has 0 saturated heterocycles. The number of methoxy groups -OCH3 is 1. The SMILES string of the molecule is CCCP(=O)(N[C@@H](CC(C)C)C(=O)N(c1ccc(Cl)c(Cl)c1)[C@@H](C)C(=O)OC)Oc1ccccc1. The van der Waals surface area contributed by atoms with Crippen molar-refractivity contribution in [2.75, 3.05) is 18.2 Å². The molecule has 1 N–H and O–H groups in total. The number of halogens is 2. The molecule has 0 radical (unpaired) electrons. The number of nitrogens with one attached hydrogen (secondary N) is 1. The summed E-state index contributed by atoms with van der Waals surface area (Å²) < 4.78 is 24.7. The summed E-state index contributed by atoms with van der Waals surface area (Å²) in [7, 11) is -2.22. The molecule has 0 fully saturated rings. The van der Waals surface area contributed by atoms with Crippen molar-refractivity contribution < 1.29 is 23.4 Å². The molecule has 2 aromatic rings. The van der Waals surface area contributed by atoms with E-state index in [9.17, 15) is 14.2 Å². The summed E-state index contributed by atoms with van der Waals surface area (Å²) in [6.07, 6.45) is 1.16. The fourth-order valence-corrected chi connectivity index (χ4v) is 5.93. The third-order valence-corrected chi connectivity index (χ3v) is 8.21. The van der Waals surface area contributed by atoms with Crippen LogP contribution in [-0.4, -0.2) is 37.2 Å². The molecular formula is C25H33Cl2N2O5P. The molecule has 7 nitrogen and oxygen atoms in total. The zero-order chi connectivity index (χ0) is 26.2. The Hall–Kier alpha value is -2.05. The number of nitrogens with zero attached hydrogens (tertiary/aromatic N) is 1. The van der Waals surface area contributed by atoms with Crippen LogP contribution in [0.3, 0.4) is 0 Å². The van der Waals surface area contributed by atoms with Gasteiger partial charge in [-0.1, -0.05) is 62.2 Å². The topological polar surface area (TPSA) is 84.9 Å². The van der Waals surface area contributed by atoms with Crippen molar-refractivity contribution in [3.05, 3.63) is 58.6 Å². The van der Waals surface area contributed by atoms with Gasteiger partial charge in [-0.05, 0) is 56.0 Å². The Morgan fingerprint density at radius 2 is 1.71 bits per heavy atom. The Labute approximate surface area is 217 Å². The second kappa shape index (κ2) is 13.3. The van der Waals surface area contributed by atoms with Gasteiger partial charge in [-0.3, -0.25) is 14.3 Å². The lowest BCUT2D eigenvalue weighted by atomic mass is 10.0. The van der Waals surface area contributed by atoms with Gasteiger partial charge >= 0.3 is 13.5 Å². The van der Waals surface area contributed by atoms with Crippen LogP contribution in [0.25, 0.3) is 0 Å². The van der Waals surface area contributed by atoms with E-state index in [1.807, 2.05) is 26.8 Å². The Bertz CT molecular complexity index is 1050. The second-order valence-corrected chi connectivity index (χ2v) is 11.7. The van der Waals surface area contributed by atoms with Crippen molar-refractivity contribution >= 4 is 48.3 Å². The molecular weight excluding hydrogens is 510 g/mol. The van der Waals surface area contributed by atoms with E-state index in [0.29, 0.717) is 29.3 Å². The first kappa shape index (κ1) is 29.2. The quantitative estimate of drug-likeness (QED) is 0.241. The molecule has 1 amide bonds. The first-order valence-electron chi connectivity index (χ1n) is 11.5. The zero-order valence-corrected chi connectivity index (χ0v) is 23.1. The Morgan fingerprint density at radius 3 is 2.26 bits per heavy atom. The smallest absolute Gasteiger partial charge is 0.328 e. The molecule has 35 heavy (non-hydrogen) atoms. The summed E-state index contributed by atoms with van der Waals surface area (Å²) in [6, 6.07) is 11.6. The van der Waals surface area contributed by atoms with Crippen LogP contribution in [0.1, 0.15) is 40.5 Å². The molecule has 1 unspecified atom stereocenters. The van der Waals surface area contributed by atoms with E-state index in [0.717, 1.165) is 0 Å². The molecule has 3 atom stereocenters. The largest absolute Gasteiger partial charge is 0.467 e. The molecule has 192 valence electrons. The number of esters is 1. The van der Waals surface area contributed by atoms with E-state index >= 15 is 0 Å². The van der Waals surface area contributed by atoms with Crippen molar-refractivity contribution in [1.82, 2.24) is 5.09 Å². The van der Waals surface area contributed by atoms with Gasteiger partial charge in [0.15, 0.2) is 0 Å². The van der Waals surface area contributed by atoms with E-state index in [1.165, 1.54) is 18.1 Å². The molecule has 2 rings (SSSR count). The summed E-state index contributed by atoms with van der Waals surface area (Å²) in [4.78, 5) is 27.8. The predicted molar refractivity (Wildman–Crippen MR) is 142 cm³/mol. The number of benzene rings is 2. The molecule has 0 heterocycles. The molecule has 0 spiro atoms. The van der Waals surface area contributed by atoms with Crippen molar-refractivity contribution in [2.24, 2.45) is 5.92 Å². The minimum absolute atomic E-state index is 0.0762. The van der Waals surface area contributed by atoms with E-state index in [-0.39, 0.29) is 17.1 Å². The highest BCUT2D eigenvalue weighted by atomic mass is 35.5. The number of anilines is 1. The van der Waals surface area contributed by atoms with E-state index in [4.69, 9.17) is 32.5 Å². The number of carbonyl (C=O) groups excluding carboxylic acids is 2. The normalized spacial score (nSPS) is 14.6. The highest BCUT2D eigenvalue weighted by Crippen LogP contribution is 2.45. The number of carbonyl (C=O) groups is 2. The molecule has 0 aliphatic rings. The fourth-order valence-electron chi connectivity index (χ4n) is 3.62. The highest BCUT2D eigenvalue weighted by Gasteiger charge is 2.37. The summed E-state index contributed by atoms with van der Waals surface area (Å²) in [5.74, 6) is -0.544. The monoisotopic (exact) mass is 542 g/mol. The van der Waals surface area contributed by atoms with Gasteiger partial charge in [0.25, 0.3) is 0 Å². The number of para-hydroxylation sites is 1. The van der Waals surface area contributed by atoms with Crippen molar-refractivity contribution in [2.45, 2.75) is 52.6 Å². The molecule has 10 heteroatoms. The van der Waals surface area contributed by atoms with Gasteiger partial charge in [-0.25, -0.2) is 9.88 Å². The third-order valence-electron chi connectivity index (χ3n) is 5.22. The van der Waals surface area contributed by atoms with Crippen molar-refractivity contribution in [3.63, 3.8) is 0 Å². The van der Waals surface area contributed by atoms with Gasteiger partial charge in [0.1, 0.15) is 11.8 Å². The average molecular weight is 543 g/mol. The van der Waals surface area contributed by atoms with Crippen LogP contribution in [0, 0.1) is 5.92 Å². The minimum Gasteiger partial charge on any atom is -0.467 e. The average Bonchev–Trinajstić information content (AvgIpc) is 2.80. The van der Waals surface area contributed by atoms with Gasteiger partial charge in [-0.15, -0.1) is 0 Å². The highest BCUT2D eigenvalue weighted by molar-refractivity contribution is 7.57. The van der Waals surface area contributed by atoms with E-state index in [1.54, 1.807) is 43.3 Å². The Morgan fingerprint density at radius 1 is 1.06 bits per heavy atom. The fraction of sp³-hybridized carbons (Fsp3) is 0.440. The third kappa shape index (κ3) is 8.25. The van der Waals surface area contributed by atoms with Crippen LogP contribution in [0.15, 0.2) is 48.5 Å². The molecule has 0 aliphatic heterocycles. The van der Waals surface area contributed by atoms with Crippen LogP contribution in [-0.2, 0) is 18.9 Å². The van der Waals surface area contributed by atoms with E-state index < -0.39 is 31.5 Å². The lowest BCUT2D eigenvalue weighted by Gasteiger charge is -2.34. The van der Waals surface area contributed by atoms with Crippen LogP contribution >= 0.6 is 30.7 Å². The number of ether oxygens (including phenoxy) is 1. The van der Waals surface area contributed by atoms with Gasteiger partial charge < -0.3 is 9.26 Å². The molecule has 2 aromatic carbocycles. The number of hydrogen-bond donors (Lipinski definition) is 1. The summed E-state index contributed by atoms with van der Waals surface area (Å²) >= 11 is 12.3. The Kier molecular flexibility index (Phi) is 11.1. The maximum absolute atomic E-state index is 14.0. The van der Waals surface area contributed by atoms with Crippen LogP contribution in [0.2, 0.25) is 10.0 Å². The van der Waals surface area contributed by atoms with Crippen LogP contribution in [0.5, 0.6) is 5.75 Å². The first-order chi connectivity index (χ1) is 16.5. The minimum atomic E-state index is -3.48. The van der Waals surface area contributed by atoms with Gasteiger partial charge in [-0.2, -0.15) is 0 Å². The maximum atomic E-state index is 14.0.